The van der Waals surface area contributed by atoms with Crippen molar-refractivity contribution < 1.29 is 14.3 Å². The van der Waals surface area contributed by atoms with Gasteiger partial charge in [-0.3, -0.25) is 23.9 Å². The Kier molecular flexibility index (Phi) is 7.17. The maximum atomic E-state index is 13.6. The van der Waals surface area contributed by atoms with Crippen LogP contribution in [0, 0.1) is 0 Å². The molecule has 2 aromatic carbocycles. The lowest BCUT2D eigenvalue weighted by Gasteiger charge is -2.32. The summed E-state index contributed by atoms with van der Waals surface area (Å²) < 4.78 is 6.66. The minimum atomic E-state index is -0.479. The predicted octanol–water partition coefficient (Wildman–Crippen LogP) is 4.38. The number of amides is 2. The van der Waals surface area contributed by atoms with Crippen LogP contribution in [0.3, 0.4) is 0 Å². The average molecular weight is 483 g/mol. The SMILES string of the molecule is COc1ccc(Cl)cc1NC(=O)Cn1c(=O)c(N(C(C)=O)C2CCCCC2)nc2ccccc21. The van der Waals surface area contributed by atoms with Gasteiger partial charge in [0.25, 0.3) is 5.56 Å². The molecule has 0 atom stereocenters. The van der Waals surface area contributed by atoms with Gasteiger partial charge in [0.2, 0.25) is 17.6 Å². The third-order valence-electron chi connectivity index (χ3n) is 6.08. The Bertz CT molecular complexity index is 1280. The van der Waals surface area contributed by atoms with E-state index in [2.05, 4.69) is 10.3 Å². The second-order valence-electron chi connectivity index (χ2n) is 8.39. The van der Waals surface area contributed by atoms with Gasteiger partial charge in [0.1, 0.15) is 12.3 Å². The number of fused-ring (bicyclic) bond motifs is 1. The number of halogens is 1. The summed E-state index contributed by atoms with van der Waals surface area (Å²) in [6.07, 6.45) is 4.76. The molecule has 9 heteroatoms. The number of nitrogens with zero attached hydrogens (tertiary/aromatic N) is 3. The molecule has 1 aliphatic rings. The molecule has 0 saturated heterocycles. The van der Waals surface area contributed by atoms with E-state index in [9.17, 15) is 14.4 Å². The maximum Gasteiger partial charge on any atom is 0.294 e. The van der Waals surface area contributed by atoms with Crippen LogP contribution in [0.2, 0.25) is 5.02 Å². The third kappa shape index (κ3) is 4.92. The van der Waals surface area contributed by atoms with E-state index in [1.54, 1.807) is 36.4 Å². The zero-order valence-corrected chi connectivity index (χ0v) is 20.0. The van der Waals surface area contributed by atoms with Gasteiger partial charge in [-0.15, -0.1) is 0 Å². The summed E-state index contributed by atoms with van der Waals surface area (Å²) in [6.45, 7) is 1.19. The molecule has 1 aliphatic carbocycles. The molecule has 3 aromatic rings. The van der Waals surface area contributed by atoms with Gasteiger partial charge in [0, 0.05) is 18.0 Å². The van der Waals surface area contributed by atoms with Crippen LogP contribution in [-0.2, 0) is 16.1 Å². The summed E-state index contributed by atoms with van der Waals surface area (Å²) in [6, 6.07) is 11.9. The molecule has 1 aromatic heterocycles. The van der Waals surface area contributed by atoms with Crippen molar-refractivity contribution in [3.63, 3.8) is 0 Å². The van der Waals surface area contributed by atoms with Crippen LogP contribution in [0.15, 0.2) is 47.3 Å². The molecular weight excluding hydrogens is 456 g/mol. The number of para-hydroxylation sites is 2. The number of carbonyl (C=O) groups excluding carboxylic acids is 2. The molecule has 0 radical (unpaired) electrons. The molecule has 8 nitrogen and oxygen atoms in total. The van der Waals surface area contributed by atoms with Gasteiger partial charge in [-0.05, 0) is 43.2 Å². The number of methoxy groups -OCH3 is 1. The van der Waals surface area contributed by atoms with Crippen molar-refractivity contribution in [1.29, 1.82) is 0 Å². The van der Waals surface area contributed by atoms with E-state index < -0.39 is 11.5 Å². The van der Waals surface area contributed by atoms with E-state index in [0.29, 0.717) is 27.5 Å². The maximum absolute atomic E-state index is 13.6. The number of rotatable bonds is 6. The number of nitrogens with one attached hydrogen (secondary N) is 1. The van der Waals surface area contributed by atoms with Crippen LogP contribution < -0.4 is 20.5 Å². The first kappa shape index (κ1) is 23.8. The first-order valence-corrected chi connectivity index (χ1v) is 11.7. The zero-order chi connectivity index (χ0) is 24.2. The fraction of sp³-hybridized carbons (Fsp3) is 0.360. The summed E-state index contributed by atoms with van der Waals surface area (Å²) in [5, 5.41) is 3.21. The second-order valence-corrected chi connectivity index (χ2v) is 8.83. The second kappa shape index (κ2) is 10.3. The molecule has 0 bridgehead atoms. The first-order chi connectivity index (χ1) is 16.4. The molecule has 34 heavy (non-hydrogen) atoms. The number of benzene rings is 2. The van der Waals surface area contributed by atoms with Crippen molar-refractivity contribution in [2.24, 2.45) is 0 Å². The highest BCUT2D eigenvalue weighted by Crippen LogP contribution is 2.28. The molecule has 0 unspecified atom stereocenters. The van der Waals surface area contributed by atoms with Gasteiger partial charge in [0.05, 0.1) is 23.8 Å². The summed E-state index contributed by atoms with van der Waals surface area (Å²) in [7, 11) is 1.49. The Morgan fingerprint density at radius 2 is 1.91 bits per heavy atom. The number of aromatic nitrogens is 2. The molecule has 4 rings (SSSR count). The lowest BCUT2D eigenvalue weighted by molar-refractivity contribution is -0.117. The highest BCUT2D eigenvalue weighted by molar-refractivity contribution is 6.31. The molecule has 178 valence electrons. The van der Waals surface area contributed by atoms with Crippen LogP contribution in [0.4, 0.5) is 11.5 Å². The number of hydrogen-bond acceptors (Lipinski definition) is 5. The van der Waals surface area contributed by atoms with Crippen molar-refractivity contribution in [3.05, 3.63) is 57.8 Å². The van der Waals surface area contributed by atoms with Gasteiger partial charge < -0.3 is 10.1 Å². The zero-order valence-electron chi connectivity index (χ0n) is 19.2. The monoisotopic (exact) mass is 482 g/mol. The minimum Gasteiger partial charge on any atom is -0.495 e. The molecule has 1 fully saturated rings. The lowest BCUT2D eigenvalue weighted by Crippen LogP contribution is -2.45. The number of carbonyl (C=O) groups is 2. The normalized spacial score (nSPS) is 14.1. The van der Waals surface area contributed by atoms with Crippen LogP contribution in [-0.4, -0.2) is 34.5 Å². The van der Waals surface area contributed by atoms with Crippen LogP contribution in [0.1, 0.15) is 39.0 Å². The van der Waals surface area contributed by atoms with Gasteiger partial charge >= 0.3 is 0 Å². The lowest BCUT2D eigenvalue weighted by atomic mass is 9.94. The Labute approximate surface area is 202 Å². The van der Waals surface area contributed by atoms with E-state index in [0.717, 1.165) is 32.1 Å². The highest BCUT2D eigenvalue weighted by atomic mass is 35.5. The summed E-state index contributed by atoms with van der Waals surface area (Å²) in [5.74, 6) is -0.153. The largest absolute Gasteiger partial charge is 0.495 e. The van der Waals surface area contributed by atoms with Crippen molar-refractivity contribution in [2.45, 2.75) is 51.6 Å². The number of anilines is 2. The van der Waals surface area contributed by atoms with Crippen molar-refractivity contribution in [3.8, 4) is 5.75 Å². The topological polar surface area (TPSA) is 93.5 Å². The summed E-state index contributed by atoms with van der Waals surface area (Å²) in [4.78, 5) is 45.3. The molecule has 1 saturated carbocycles. The third-order valence-corrected chi connectivity index (χ3v) is 6.32. The van der Waals surface area contributed by atoms with Gasteiger partial charge in [-0.25, -0.2) is 4.98 Å². The van der Waals surface area contributed by atoms with Crippen molar-refractivity contribution in [1.82, 2.24) is 9.55 Å². The van der Waals surface area contributed by atoms with Gasteiger partial charge in [0.15, 0.2) is 0 Å². The number of ether oxygens (including phenoxy) is 1. The Hall–Kier alpha value is -3.39. The summed E-state index contributed by atoms with van der Waals surface area (Å²) in [5.41, 5.74) is 0.968. The quantitative estimate of drug-likeness (QED) is 0.562. The first-order valence-electron chi connectivity index (χ1n) is 11.3. The molecular formula is C25H27ClN4O4. The van der Waals surface area contributed by atoms with E-state index in [4.69, 9.17) is 16.3 Å². The summed E-state index contributed by atoms with van der Waals surface area (Å²) >= 11 is 6.07. The number of hydrogen-bond donors (Lipinski definition) is 1. The van der Waals surface area contributed by atoms with E-state index in [1.807, 2.05) is 6.07 Å². The molecule has 0 aliphatic heterocycles. The molecule has 1 heterocycles. The van der Waals surface area contributed by atoms with Crippen LogP contribution in [0.5, 0.6) is 5.75 Å². The Morgan fingerprint density at radius 3 is 2.62 bits per heavy atom. The molecule has 2 amide bonds. The smallest absolute Gasteiger partial charge is 0.294 e. The fourth-order valence-electron chi connectivity index (χ4n) is 4.52. The van der Waals surface area contributed by atoms with Crippen molar-refractivity contribution >= 4 is 46.0 Å². The fourth-order valence-corrected chi connectivity index (χ4v) is 4.69. The van der Waals surface area contributed by atoms with E-state index in [-0.39, 0.29) is 24.3 Å². The van der Waals surface area contributed by atoms with E-state index >= 15 is 0 Å². The Balaban J connectivity index is 1.74. The Morgan fingerprint density at radius 1 is 1.18 bits per heavy atom. The average Bonchev–Trinajstić information content (AvgIpc) is 2.82. The minimum absolute atomic E-state index is 0.0613. The van der Waals surface area contributed by atoms with Gasteiger partial charge in [-0.1, -0.05) is 43.0 Å². The van der Waals surface area contributed by atoms with Crippen LogP contribution >= 0.6 is 11.6 Å². The molecule has 1 N–H and O–H groups in total. The molecule has 0 spiro atoms. The van der Waals surface area contributed by atoms with Gasteiger partial charge in [-0.2, -0.15) is 0 Å². The van der Waals surface area contributed by atoms with E-state index in [1.165, 1.54) is 23.5 Å². The predicted molar refractivity (Wildman–Crippen MR) is 133 cm³/mol. The van der Waals surface area contributed by atoms with Crippen molar-refractivity contribution in [2.75, 3.05) is 17.3 Å². The van der Waals surface area contributed by atoms with Crippen LogP contribution in [0.25, 0.3) is 11.0 Å². The standard InChI is InChI=1S/C25H27ClN4O4/c1-16(31)30(18-8-4-3-5-9-18)24-25(33)29(21-11-7-6-10-19(21)28-24)15-23(32)27-20-14-17(26)12-13-22(20)34-2/h6-7,10-14,18H,3-5,8-9,15H2,1-2H3,(H,27,32). The highest BCUT2D eigenvalue weighted by Gasteiger charge is 2.29.